The lowest BCUT2D eigenvalue weighted by atomic mass is 9.95. The lowest BCUT2D eigenvalue weighted by Crippen LogP contribution is -1.83. The second kappa shape index (κ2) is 9.82. The van der Waals surface area contributed by atoms with Crippen LogP contribution in [0, 0.1) is 0 Å². The fourth-order valence-electron chi connectivity index (χ4n) is 2.68. The quantitative estimate of drug-likeness (QED) is 0.483. The fourth-order valence-corrected chi connectivity index (χ4v) is 2.68. The van der Waals surface area contributed by atoms with Crippen LogP contribution in [0.15, 0.2) is 115 Å². The molecule has 0 spiro atoms. The zero-order valence-electron chi connectivity index (χ0n) is 14.5. The van der Waals surface area contributed by atoms with Gasteiger partial charge in [-0.25, -0.2) is 0 Å². The second-order valence-corrected chi connectivity index (χ2v) is 5.69. The molecule has 0 saturated heterocycles. The molecule has 0 unspecified atom stereocenters. The van der Waals surface area contributed by atoms with Crippen LogP contribution in [0.1, 0.15) is 0 Å². The normalized spacial score (nSPS) is 9.38. The predicted octanol–water partition coefficient (Wildman–Crippen LogP) is 5.46. The Kier molecular flexibility index (Phi) is 7.17. The molecule has 26 heavy (non-hydrogen) atoms. The smallest absolute Gasteiger partial charge is 0.0313 e. The molecule has 0 amide bonds. The maximum Gasteiger partial charge on any atom is 0.0313 e. The number of benzene rings is 4. The molecule has 0 bridgehead atoms. The van der Waals surface area contributed by atoms with Gasteiger partial charge in [-0.05, 0) is 34.4 Å². The van der Waals surface area contributed by atoms with Crippen molar-refractivity contribution in [1.82, 2.24) is 0 Å². The predicted molar refractivity (Wildman–Crippen MR) is 112 cm³/mol. The number of anilines is 1. The van der Waals surface area contributed by atoms with Crippen molar-refractivity contribution in [2.24, 2.45) is 0 Å². The largest absolute Gasteiger partial charge is 0.412 e. The van der Waals surface area contributed by atoms with Crippen LogP contribution in [0.4, 0.5) is 5.69 Å². The van der Waals surface area contributed by atoms with Crippen LogP contribution in [0.5, 0.6) is 0 Å². The van der Waals surface area contributed by atoms with Crippen LogP contribution < -0.4 is 5.73 Å². The van der Waals surface area contributed by atoms with Crippen LogP contribution in [0.25, 0.3) is 22.3 Å². The molecule has 0 fully saturated rings. The Morgan fingerprint density at radius 3 is 1.00 bits per heavy atom. The van der Waals surface area contributed by atoms with Crippen LogP contribution in [-0.2, 0) is 0 Å². The lowest BCUT2D eigenvalue weighted by Gasteiger charge is -2.09. The van der Waals surface area contributed by atoms with Crippen molar-refractivity contribution in [1.29, 1.82) is 0 Å². The summed E-state index contributed by atoms with van der Waals surface area (Å²) in [6.07, 6.45) is 0. The summed E-state index contributed by atoms with van der Waals surface area (Å²) >= 11 is 0. The zero-order valence-corrected chi connectivity index (χ0v) is 14.5. The van der Waals surface area contributed by atoms with Gasteiger partial charge in [-0.3, -0.25) is 0 Å². The molecule has 130 valence electrons. The van der Waals surface area contributed by atoms with E-state index in [0.717, 1.165) is 5.69 Å². The summed E-state index contributed by atoms with van der Waals surface area (Å²) in [5.74, 6) is 0. The Balaban J connectivity index is 0.000000258. The Morgan fingerprint density at radius 2 is 0.692 bits per heavy atom. The molecule has 0 aliphatic heterocycles. The second-order valence-electron chi connectivity index (χ2n) is 5.69. The summed E-state index contributed by atoms with van der Waals surface area (Å²) in [6, 6.07) is 39.1. The van der Waals surface area contributed by atoms with Crippen molar-refractivity contribution in [3.8, 4) is 22.3 Å². The van der Waals surface area contributed by atoms with Gasteiger partial charge in [0.05, 0.1) is 0 Å². The van der Waals surface area contributed by atoms with Gasteiger partial charge in [-0.1, -0.05) is 103 Å². The van der Waals surface area contributed by atoms with Crippen LogP contribution >= 0.6 is 0 Å². The molecule has 0 aromatic heterocycles. The van der Waals surface area contributed by atoms with E-state index < -0.39 is 0 Å². The van der Waals surface area contributed by atoms with E-state index in [1.165, 1.54) is 22.3 Å². The average molecular weight is 341 g/mol. The minimum absolute atomic E-state index is 0. The van der Waals surface area contributed by atoms with E-state index in [1.807, 2.05) is 30.3 Å². The van der Waals surface area contributed by atoms with Crippen LogP contribution in [0.2, 0.25) is 0 Å². The lowest BCUT2D eigenvalue weighted by molar-refractivity contribution is 0.824. The first-order valence-electron chi connectivity index (χ1n) is 8.35. The molecule has 0 aliphatic carbocycles. The number of rotatable bonds is 2. The Morgan fingerprint density at radius 1 is 0.385 bits per heavy atom. The van der Waals surface area contributed by atoms with Gasteiger partial charge in [0.1, 0.15) is 0 Å². The number of nitrogens with two attached hydrogens (primary N) is 1. The molecular formula is C24H23NO. The van der Waals surface area contributed by atoms with E-state index in [9.17, 15) is 0 Å². The van der Waals surface area contributed by atoms with E-state index in [1.54, 1.807) is 0 Å². The summed E-state index contributed by atoms with van der Waals surface area (Å²) in [6.45, 7) is 0. The van der Waals surface area contributed by atoms with Crippen LogP contribution in [0.3, 0.4) is 0 Å². The third-order valence-electron chi connectivity index (χ3n) is 3.90. The molecule has 2 heteroatoms. The number of para-hydroxylation sites is 1. The number of nitrogen functional groups attached to an aromatic ring is 1. The molecule has 4 rings (SSSR count). The Labute approximate surface area is 154 Å². The average Bonchev–Trinajstić information content (AvgIpc) is 2.70. The summed E-state index contributed by atoms with van der Waals surface area (Å²) in [5.41, 5.74) is 11.3. The number of hydrogen-bond donors (Lipinski definition) is 1. The molecule has 0 aliphatic rings. The van der Waals surface area contributed by atoms with Gasteiger partial charge in [-0.2, -0.15) is 0 Å². The molecule has 2 nitrogen and oxygen atoms in total. The fraction of sp³-hybridized carbons (Fsp3) is 0. The van der Waals surface area contributed by atoms with Crippen LogP contribution in [-0.4, -0.2) is 5.48 Å². The van der Waals surface area contributed by atoms with E-state index in [-0.39, 0.29) is 5.48 Å². The highest BCUT2D eigenvalue weighted by molar-refractivity contribution is 5.83. The minimum Gasteiger partial charge on any atom is -0.412 e. The van der Waals surface area contributed by atoms with Gasteiger partial charge in [0.15, 0.2) is 0 Å². The first-order valence-corrected chi connectivity index (χ1v) is 8.35. The van der Waals surface area contributed by atoms with Gasteiger partial charge in [0, 0.05) is 5.69 Å². The van der Waals surface area contributed by atoms with E-state index in [4.69, 9.17) is 5.73 Å². The molecule has 0 heterocycles. The topological polar surface area (TPSA) is 57.5 Å². The molecule has 4 aromatic rings. The first-order chi connectivity index (χ1) is 12.3. The Hall–Kier alpha value is -3.36. The monoisotopic (exact) mass is 341 g/mol. The van der Waals surface area contributed by atoms with Crippen molar-refractivity contribution >= 4 is 5.69 Å². The van der Waals surface area contributed by atoms with Gasteiger partial charge in [0.25, 0.3) is 0 Å². The molecule has 0 radical (unpaired) electrons. The minimum atomic E-state index is 0. The van der Waals surface area contributed by atoms with Gasteiger partial charge in [0.2, 0.25) is 0 Å². The first kappa shape index (κ1) is 19.0. The number of hydrogen-bond acceptors (Lipinski definition) is 1. The maximum absolute atomic E-state index is 5.36. The van der Waals surface area contributed by atoms with Gasteiger partial charge < -0.3 is 11.2 Å². The molecular weight excluding hydrogens is 318 g/mol. The van der Waals surface area contributed by atoms with Gasteiger partial charge in [-0.15, -0.1) is 0 Å². The molecule has 4 aromatic carbocycles. The molecule has 0 saturated carbocycles. The zero-order chi connectivity index (χ0) is 17.3. The highest BCUT2D eigenvalue weighted by Crippen LogP contribution is 2.31. The van der Waals surface area contributed by atoms with E-state index in [0.29, 0.717) is 0 Å². The summed E-state index contributed by atoms with van der Waals surface area (Å²) in [4.78, 5) is 0. The summed E-state index contributed by atoms with van der Waals surface area (Å²) < 4.78 is 0. The summed E-state index contributed by atoms with van der Waals surface area (Å²) in [7, 11) is 0. The molecule has 0 atom stereocenters. The van der Waals surface area contributed by atoms with E-state index >= 15 is 0 Å². The highest BCUT2D eigenvalue weighted by atomic mass is 16.0. The highest BCUT2D eigenvalue weighted by Gasteiger charge is 2.05. The van der Waals surface area contributed by atoms with Crippen molar-refractivity contribution in [2.45, 2.75) is 0 Å². The molecule has 4 N–H and O–H groups in total. The van der Waals surface area contributed by atoms with Crippen molar-refractivity contribution in [2.75, 3.05) is 5.73 Å². The summed E-state index contributed by atoms with van der Waals surface area (Å²) in [5, 5.41) is 0. The van der Waals surface area contributed by atoms with Crippen molar-refractivity contribution < 1.29 is 5.48 Å². The van der Waals surface area contributed by atoms with Gasteiger partial charge >= 0.3 is 0 Å². The third kappa shape index (κ3) is 5.07. The SMILES string of the molecule is Nc1ccccc1.O.c1ccc(-c2ccccc2-c2ccccc2)cc1. The van der Waals surface area contributed by atoms with E-state index in [2.05, 4.69) is 84.9 Å². The third-order valence-corrected chi connectivity index (χ3v) is 3.90. The Bertz CT molecular complexity index is 832. The standard InChI is InChI=1S/C18H14.C6H7N.H2O/c1-3-9-15(10-4-1)17-13-7-8-14-18(17)16-11-5-2-6-12-16;7-6-4-2-1-3-5-6;/h1-14H;1-5H,7H2;1H2. The van der Waals surface area contributed by atoms with Crippen molar-refractivity contribution in [3.05, 3.63) is 115 Å². The maximum atomic E-state index is 5.36. The van der Waals surface area contributed by atoms with Crippen molar-refractivity contribution in [3.63, 3.8) is 0 Å².